The first-order valence-electron chi connectivity index (χ1n) is 12.4. The Morgan fingerprint density at radius 1 is 0.970 bits per heavy atom. The third-order valence-electron chi connectivity index (χ3n) is 7.35. The van der Waals surface area contributed by atoms with E-state index in [9.17, 15) is 0 Å². The Bertz CT molecular complexity index is 1080. The number of nitrogens with zero attached hydrogens (tertiary/aromatic N) is 4. The maximum absolute atomic E-state index is 6.14. The number of hydrogen-bond donors (Lipinski definition) is 1. The molecule has 0 radical (unpaired) electrons. The average molecular weight is 448 g/mol. The van der Waals surface area contributed by atoms with E-state index in [-0.39, 0.29) is 0 Å². The van der Waals surface area contributed by atoms with Gasteiger partial charge in [-0.05, 0) is 56.3 Å². The highest BCUT2D eigenvalue weighted by molar-refractivity contribution is 5.88. The van der Waals surface area contributed by atoms with Gasteiger partial charge < -0.3 is 19.5 Å². The van der Waals surface area contributed by atoms with E-state index >= 15 is 0 Å². The van der Waals surface area contributed by atoms with Gasteiger partial charge in [0.05, 0.1) is 17.7 Å². The van der Waals surface area contributed by atoms with Crippen molar-refractivity contribution in [3.8, 4) is 5.88 Å². The van der Waals surface area contributed by atoms with Crippen LogP contribution in [0.5, 0.6) is 5.88 Å². The van der Waals surface area contributed by atoms with Crippen LogP contribution in [0.15, 0.2) is 47.0 Å². The van der Waals surface area contributed by atoms with Crippen LogP contribution >= 0.6 is 0 Å². The molecule has 0 spiro atoms. The normalized spacial score (nSPS) is 23.6. The third-order valence-corrected chi connectivity index (χ3v) is 7.35. The van der Waals surface area contributed by atoms with Crippen LogP contribution in [-0.4, -0.2) is 60.4 Å². The Morgan fingerprint density at radius 3 is 2.82 bits per heavy atom. The first-order valence-corrected chi connectivity index (χ1v) is 12.4. The summed E-state index contributed by atoms with van der Waals surface area (Å²) < 4.78 is 11.7. The number of benzene rings is 1. The lowest BCUT2D eigenvalue weighted by Gasteiger charge is -2.46. The van der Waals surface area contributed by atoms with E-state index < -0.39 is 0 Å². The number of rotatable bonds is 8. The molecule has 0 bridgehead atoms. The summed E-state index contributed by atoms with van der Waals surface area (Å²) in [5.74, 6) is 3.19. The molecule has 3 fully saturated rings. The van der Waals surface area contributed by atoms with Gasteiger partial charge in [-0.25, -0.2) is 4.98 Å². The maximum atomic E-state index is 6.14. The van der Waals surface area contributed by atoms with Crippen molar-refractivity contribution < 1.29 is 9.26 Å². The molecule has 0 amide bonds. The van der Waals surface area contributed by atoms with E-state index in [1.54, 1.807) is 0 Å². The van der Waals surface area contributed by atoms with Crippen molar-refractivity contribution >= 4 is 16.8 Å². The fourth-order valence-electron chi connectivity index (χ4n) is 5.25. The van der Waals surface area contributed by atoms with Gasteiger partial charge in [-0.3, -0.25) is 4.90 Å². The van der Waals surface area contributed by atoms with Crippen molar-refractivity contribution in [2.24, 2.45) is 11.8 Å². The molecule has 2 saturated heterocycles. The topological polar surface area (TPSA) is 66.7 Å². The second kappa shape index (κ2) is 9.31. The molecule has 7 nitrogen and oxygen atoms in total. The molecular formula is C26H33N5O2. The number of nitrogens with one attached hydrogen (secondary N) is 1. The van der Waals surface area contributed by atoms with Crippen LogP contribution < -0.4 is 15.0 Å². The number of ether oxygens (including phenoxy) is 1. The molecule has 4 heterocycles. The van der Waals surface area contributed by atoms with Crippen molar-refractivity contribution in [1.29, 1.82) is 0 Å². The molecular weight excluding hydrogens is 414 g/mol. The monoisotopic (exact) mass is 447 g/mol. The zero-order chi connectivity index (χ0) is 22.0. The maximum Gasteiger partial charge on any atom is 0.213 e. The molecule has 7 heteroatoms. The number of fused-ring (bicyclic) bond motifs is 2. The first kappa shape index (κ1) is 20.9. The fraction of sp³-hybridized carbons (Fsp3) is 0.538. The molecule has 6 rings (SSSR count). The van der Waals surface area contributed by atoms with E-state index in [2.05, 4.69) is 44.5 Å². The van der Waals surface area contributed by atoms with Crippen molar-refractivity contribution in [2.45, 2.75) is 38.3 Å². The molecule has 1 saturated carbocycles. The first-order chi connectivity index (χ1) is 16.3. The Kier molecular flexibility index (Phi) is 5.91. The van der Waals surface area contributed by atoms with Gasteiger partial charge in [0.2, 0.25) is 5.88 Å². The minimum absolute atomic E-state index is 0.555. The van der Waals surface area contributed by atoms with Crippen LogP contribution in [0.2, 0.25) is 0 Å². The number of hydrogen-bond acceptors (Lipinski definition) is 7. The number of pyridine rings is 1. The largest absolute Gasteiger partial charge is 0.477 e. The molecule has 1 N–H and O–H groups in total. The molecule has 174 valence electrons. The second-order valence-electron chi connectivity index (χ2n) is 9.89. The van der Waals surface area contributed by atoms with Crippen LogP contribution in [-0.2, 0) is 6.54 Å². The zero-order valence-corrected chi connectivity index (χ0v) is 19.2. The summed E-state index contributed by atoms with van der Waals surface area (Å²) in [6, 6.07) is 14.8. The van der Waals surface area contributed by atoms with Crippen molar-refractivity contribution in [3.63, 3.8) is 0 Å². The van der Waals surface area contributed by atoms with Crippen LogP contribution in [0.3, 0.4) is 0 Å². The minimum Gasteiger partial charge on any atom is -0.477 e. The van der Waals surface area contributed by atoms with E-state index in [0.717, 1.165) is 80.2 Å². The van der Waals surface area contributed by atoms with Gasteiger partial charge in [0.15, 0.2) is 11.4 Å². The number of piperazine rings is 1. The quantitative estimate of drug-likeness (QED) is 0.565. The molecule has 2 aliphatic heterocycles. The van der Waals surface area contributed by atoms with Gasteiger partial charge in [-0.2, -0.15) is 0 Å². The lowest BCUT2D eigenvalue weighted by atomic mass is 9.91. The summed E-state index contributed by atoms with van der Waals surface area (Å²) in [5, 5.41) is 9.00. The van der Waals surface area contributed by atoms with Gasteiger partial charge in [0.1, 0.15) is 0 Å². The Balaban J connectivity index is 0.999. The molecule has 1 aliphatic carbocycles. The molecule has 33 heavy (non-hydrogen) atoms. The number of piperidine rings is 1. The van der Waals surface area contributed by atoms with Gasteiger partial charge in [-0.15, -0.1) is 0 Å². The summed E-state index contributed by atoms with van der Waals surface area (Å²) in [6.45, 7) is 6.83. The number of anilines is 1. The lowest BCUT2D eigenvalue weighted by Crippen LogP contribution is -2.57. The van der Waals surface area contributed by atoms with Crippen molar-refractivity contribution in [2.75, 3.05) is 44.2 Å². The predicted octanol–water partition coefficient (Wildman–Crippen LogP) is 3.70. The smallest absolute Gasteiger partial charge is 0.213 e. The van der Waals surface area contributed by atoms with E-state index in [1.165, 1.54) is 25.7 Å². The molecule has 2 aromatic heterocycles. The van der Waals surface area contributed by atoms with Crippen LogP contribution in [0.4, 0.5) is 5.82 Å². The molecule has 1 aromatic carbocycles. The summed E-state index contributed by atoms with van der Waals surface area (Å²) in [6.07, 6.45) is 5.13. The minimum atomic E-state index is 0.555. The molecule has 0 unspecified atom stereocenters. The zero-order valence-electron chi connectivity index (χ0n) is 19.2. The molecule has 3 aromatic rings. The summed E-state index contributed by atoms with van der Waals surface area (Å²) in [7, 11) is 0. The number of aromatic nitrogens is 2. The lowest BCUT2D eigenvalue weighted by molar-refractivity contribution is 0.0716. The third kappa shape index (κ3) is 4.84. The van der Waals surface area contributed by atoms with E-state index in [4.69, 9.17) is 14.2 Å². The van der Waals surface area contributed by atoms with Gasteiger partial charge in [0.25, 0.3) is 0 Å². The summed E-state index contributed by atoms with van der Waals surface area (Å²) in [4.78, 5) is 9.74. The van der Waals surface area contributed by atoms with E-state index in [0.29, 0.717) is 12.0 Å². The fourth-order valence-corrected chi connectivity index (χ4v) is 5.25. The highest BCUT2D eigenvalue weighted by atomic mass is 16.5. The Morgan fingerprint density at radius 2 is 1.88 bits per heavy atom. The van der Waals surface area contributed by atoms with Crippen LogP contribution in [0.25, 0.3) is 11.0 Å². The summed E-state index contributed by atoms with van der Waals surface area (Å²) >= 11 is 0. The highest BCUT2D eigenvalue weighted by Gasteiger charge is 2.34. The Hall–Kier alpha value is -2.64. The standard InChI is InChI=1S/C26H33N5O2/c1-2-6-24-23(5-1)26(29-33-24)31-13-12-30-16-20(10-11-22(30)17-31)18-32-25-7-3-4-21(28-25)15-27-14-19-8-9-19/h1-7,19-20,22,27H,8-18H2/t20-,22+/m1/s1. The average Bonchev–Trinajstić information content (AvgIpc) is 3.58. The van der Waals surface area contributed by atoms with Crippen molar-refractivity contribution in [3.05, 3.63) is 48.2 Å². The predicted molar refractivity (Wildman–Crippen MR) is 128 cm³/mol. The second-order valence-corrected chi connectivity index (χ2v) is 9.89. The van der Waals surface area contributed by atoms with Crippen molar-refractivity contribution in [1.82, 2.24) is 20.4 Å². The Labute approximate surface area is 195 Å². The summed E-state index contributed by atoms with van der Waals surface area (Å²) in [5.41, 5.74) is 1.93. The van der Waals surface area contributed by atoms with Gasteiger partial charge in [-0.1, -0.05) is 23.4 Å². The molecule has 3 aliphatic rings. The van der Waals surface area contributed by atoms with E-state index in [1.807, 2.05) is 18.2 Å². The van der Waals surface area contributed by atoms with Crippen LogP contribution in [0, 0.1) is 11.8 Å². The van der Waals surface area contributed by atoms with Gasteiger partial charge >= 0.3 is 0 Å². The number of para-hydroxylation sites is 1. The molecule has 2 atom stereocenters. The van der Waals surface area contributed by atoms with Gasteiger partial charge in [0, 0.05) is 50.7 Å². The SMILES string of the molecule is c1cc(CNCC2CC2)nc(OC[C@@H]2CC[C@H]3CN(c4noc5ccccc45)CCN3C2)c1. The van der Waals surface area contributed by atoms with Crippen LogP contribution in [0.1, 0.15) is 31.4 Å². The highest BCUT2D eigenvalue weighted by Crippen LogP contribution is 2.31.